The van der Waals surface area contributed by atoms with E-state index in [1.807, 2.05) is 0 Å². The van der Waals surface area contributed by atoms with Crippen LogP contribution >= 0.6 is 11.8 Å². The zero-order chi connectivity index (χ0) is 21.5. The molecule has 0 fully saturated rings. The Morgan fingerprint density at radius 3 is 2.81 bits per heavy atom. The Morgan fingerprint density at radius 2 is 1.94 bits per heavy atom. The van der Waals surface area contributed by atoms with Gasteiger partial charge in [0.1, 0.15) is 17.5 Å². The average molecular weight is 436 g/mol. The van der Waals surface area contributed by atoms with E-state index in [2.05, 4.69) is 20.6 Å². The van der Waals surface area contributed by atoms with Crippen molar-refractivity contribution < 1.29 is 18.4 Å². The number of anilines is 2. The number of H-pyrrole nitrogens is 1. The number of thioether (sulfide) groups is 1. The van der Waals surface area contributed by atoms with Gasteiger partial charge in [-0.15, -0.1) is 11.8 Å². The molecule has 31 heavy (non-hydrogen) atoms. The van der Waals surface area contributed by atoms with Crippen molar-refractivity contribution in [2.24, 2.45) is 0 Å². The number of fused-ring (bicyclic) bond motifs is 2. The molecule has 0 unspecified atom stereocenters. The van der Waals surface area contributed by atoms with Gasteiger partial charge in [-0.1, -0.05) is 0 Å². The van der Waals surface area contributed by atoms with Crippen LogP contribution < -0.4 is 10.6 Å². The molecule has 1 aliphatic rings. The van der Waals surface area contributed by atoms with Crippen molar-refractivity contribution in [3.8, 4) is 11.4 Å². The summed E-state index contributed by atoms with van der Waals surface area (Å²) >= 11 is 1.42. The molecule has 0 bridgehead atoms. The van der Waals surface area contributed by atoms with Crippen LogP contribution in [0, 0.1) is 11.6 Å². The molecule has 5 rings (SSSR count). The number of halogens is 2. The molecular weight excluding hydrogens is 422 g/mol. The molecule has 0 spiro atoms. The molecule has 6 nitrogen and oxygen atoms in total. The Hall–Kier alpha value is -3.72. The second kappa shape index (κ2) is 7.51. The van der Waals surface area contributed by atoms with Gasteiger partial charge in [0.25, 0.3) is 5.91 Å². The molecule has 3 N–H and O–H groups in total. The number of amides is 2. The minimum Gasteiger partial charge on any atom is -0.338 e. The molecule has 0 aliphatic carbocycles. The Bertz CT molecular complexity index is 1370. The molecule has 154 valence electrons. The smallest absolute Gasteiger partial charge is 0.255 e. The van der Waals surface area contributed by atoms with Gasteiger partial charge in [-0.3, -0.25) is 9.59 Å². The van der Waals surface area contributed by atoms with Crippen LogP contribution in [-0.2, 0) is 4.79 Å². The van der Waals surface area contributed by atoms with Crippen LogP contribution in [-0.4, -0.2) is 27.5 Å². The van der Waals surface area contributed by atoms with Gasteiger partial charge in [-0.25, -0.2) is 13.8 Å². The summed E-state index contributed by atoms with van der Waals surface area (Å²) in [5.41, 5.74) is 2.64. The van der Waals surface area contributed by atoms with E-state index < -0.39 is 11.6 Å². The number of aromatic amines is 1. The Morgan fingerprint density at radius 1 is 1.06 bits per heavy atom. The third-order valence-corrected chi connectivity index (χ3v) is 5.87. The fourth-order valence-corrected chi connectivity index (χ4v) is 4.11. The number of aromatic nitrogens is 2. The lowest BCUT2D eigenvalue weighted by atomic mass is 10.1. The van der Waals surface area contributed by atoms with Crippen molar-refractivity contribution in [3.05, 3.63) is 71.8 Å². The van der Waals surface area contributed by atoms with E-state index in [1.165, 1.54) is 11.8 Å². The molecule has 2 heterocycles. The molecule has 1 aliphatic heterocycles. The normalized spacial score (nSPS) is 13.0. The minimum absolute atomic E-state index is 0.0239. The first-order valence-corrected chi connectivity index (χ1v) is 10.3. The maximum atomic E-state index is 14.1. The first-order chi connectivity index (χ1) is 15.0. The lowest BCUT2D eigenvalue weighted by molar-refractivity contribution is -0.113. The van der Waals surface area contributed by atoms with Crippen molar-refractivity contribution >= 4 is 46.0 Å². The second-order valence-corrected chi connectivity index (χ2v) is 7.96. The third kappa shape index (κ3) is 3.75. The summed E-state index contributed by atoms with van der Waals surface area (Å²) in [7, 11) is 0. The van der Waals surface area contributed by atoms with Gasteiger partial charge in [0, 0.05) is 16.1 Å². The largest absolute Gasteiger partial charge is 0.338 e. The van der Waals surface area contributed by atoms with Crippen LogP contribution in [0.2, 0.25) is 0 Å². The van der Waals surface area contributed by atoms with Crippen LogP contribution in [0.3, 0.4) is 0 Å². The Labute approximate surface area is 179 Å². The maximum absolute atomic E-state index is 14.1. The quantitative estimate of drug-likeness (QED) is 0.430. The van der Waals surface area contributed by atoms with E-state index in [9.17, 15) is 18.4 Å². The van der Waals surface area contributed by atoms with Crippen molar-refractivity contribution in [3.63, 3.8) is 0 Å². The van der Waals surface area contributed by atoms with Gasteiger partial charge in [0.05, 0.1) is 28.0 Å². The van der Waals surface area contributed by atoms with Crippen LogP contribution in [0.5, 0.6) is 0 Å². The van der Waals surface area contributed by atoms with E-state index in [-0.39, 0.29) is 23.2 Å². The number of nitrogens with one attached hydrogen (secondary N) is 3. The van der Waals surface area contributed by atoms with Gasteiger partial charge < -0.3 is 15.6 Å². The number of hydrogen-bond donors (Lipinski definition) is 3. The molecular formula is C22H14F2N4O2S. The van der Waals surface area contributed by atoms with E-state index >= 15 is 0 Å². The Kier molecular flexibility index (Phi) is 4.67. The molecule has 3 aromatic carbocycles. The van der Waals surface area contributed by atoms with E-state index in [0.29, 0.717) is 33.7 Å². The molecule has 0 saturated carbocycles. The number of nitrogens with zero attached hydrogens (tertiary/aromatic N) is 1. The Balaban J connectivity index is 1.41. The molecule has 9 heteroatoms. The summed E-state index contributed by atoms with van der Waals surface area (Å²) in [5.74, 6) is -1.06. The SMILES string of the molecule is O=C1CSc2ccc(C(=O)Nc3ccc4nc(-c5cc(F)ccc5F)[nH]c4c3)cc2N1. The van der Waals surface area contributed by atoms with Crippen LogP contribution in [0.25, 0.3) is 22.4 Å². The van der Waals surface area contributed by atoms with Gasteiger partial charge in [0.15, 0.2) is 0 Å². The predicted molar refractivity (Wildman–Crippen MR) is 115 cm³/mol. The fourth-order valence-electron chi connectivity index (χ4n) is 3.32. The monoisotopic (exact) mass is 436 g/mol. The lowest BCUT2D eigenvalue weighted by Crippen LogP contribution is -2.19. The highest BCUT2D eigenvalue weighted by Gasteiger charge is 2.18. The minimum atomic E-state index is -0.591. The number of rotatable bonds is 3. The van der Waals surface area contributed by atoms with Gasteiger partial charge in [0.2, 0.25) is 5.91 Å². The number of benzene rings is 3. The zero-order valence-corrected chi connectivity index (χ0v) is 16.6. The summed E-state index contributed by atoms with van der Waals surface area (Å²) in [6, 6.07) is 13.3. The first kappa shape index (κ1) is 19.3. The standard InChI is InChI=1S/C22H14F2N4O2S/c23-12-2-4-15(24)14(8-12)21-27-16-5-3-13(9-17(16)28-21)25-22(30)11-1-6-19-18(7-11)26-20(29)10-31-19/h1-9H,10H2,(H,25,30)(H,26,29)(H,27,28). The van der Waals surface area contributed by atoms with Crippen molar-refractivity contribution in [1.82, 2.24) is 9.97 Å². The van der Waals surface area contributed by atoms with Crippen molar-refractivity contribution in [1.29, 1.82) is 0 Å². The second-order valence-electron chi connectivity index (χ2n) is 6.94. The average Bonchev–Trinajstić information content (AvgIpc) is 3.18. The molecule has 2 amide bonds. The van der Waals surface area contributed by atoms with Gasteiger partial charge in [-0.05, 0) is 54.6 Å². The first-order valence-electron chi connectivity index (χ1n) is 9.29. The maximum Gasteiger partial charge on any atom is 0.255 e. The molecule has 0 radical (unpaired) electrons. The highest BCUT2D eigenvalue weighted by Crippen LogP contribution is 2.32. The zero-order valence-electron chi connectivity index (χ0n) is 15.8. The number of hydrogen-bond acceptors (Lipinski definition) is 4. The summed E-state index contributed by atoms with van der Waals surface area (Å²) in [4.78, 5) is 32.4. The topological polar surface area (TPSA) is 86.9 Å². The third-order valence-electron chi connectivity index (χ3n) is 4.80. The number of imidazole rings is 1. The van der Waals surface area contributed by atoms with Gasteiger partial charge in [-0.2, -0.15) is 0 Å². The van der Waals surface area contributed by atoms with Crippen molar-refractivity contribution in [2.45, 2.75) is 4.90 Å². The summed E-state index contributed by atoms with van der Waals surface area (Å²) in [6.45, 7) is 0. The van der Waals surface area contributed by atoms with E-state index in [1.54, 1.807) is 36.4 Å². The highest BCUT2D eigenvalue weighted by atomic mass is 32.2. The molecule has 4 aromatic rings. The van der Waals surface area contributed by atoms with Gasteiger partial charge >= 0.3 is 0 Å². The summed E-state index contributed by atoms with van der Waals surface area (Å²) in [5, 5.41) is 5.56. The highest BCUT2D eigenvalue weighted by molar-refractivity contribution is 8.00. The van der Waals surface area contributed by atoms with Crippen LogP contribution in [0.4, 0.5) is 20.2 Å². The van der Waals surface area contributed by atoms with E-state index in [4.69, 9.17) is 0 Å². The summed E-state index contributed by atoms with van der Waals surface area (Å²) < 4.78 is 27.6. The summed E-state index contributed by atoms with van der Waals surface area (Å²) in [6.07, 6.45) is 0. The number of carbonyl (C=O) groups excluding carboxylic acids is 2. The lowest BCUT2D eigenvalue weighted by Gasteiger charge is -2.17. The van der Waals surface area contributed by atoms with Crippen molar-refractivity contribution in [2.75, 3.05) is 16.4 Å². The molecule has 1 aromatic heterocycles. The molecule has 0 atom stereocenters. The predicted octanol–water partition coefficient (Wildman–Crippen LogP) is 4.80. The molecule has 0 saturated heterocycles. The van der Waals surface area contributed by atoms with Crippen LogP contribution in [0.15, 0.2) is 59.5 Å². The fraction of sp³-hybridized carbons (Fsp3) is 0.0455. The van der Waals surface area contributed by atoms with E-state index in [0.717, 1.165) is 23.1 Å². The van der Waals surface area contributed by atoms with Crippen LogP contribution in [0.1, 0.15) is 10.4 Å². The number of carbonyl (C=O) groups is 2.